The van der Waals surface area contributed by atoms with Gasteiger partial charge in [0.05, 0.1) is 5.52 Å². The molecule has 3 heterocycles. The summed E-state index contributed by atoms with van der Waals surface area (Å²) < 4.78 is 1.63. The van der Waals surface area contributed by atoms with Crippen molar-refractivity contribution in [1.82, 2.24) is 14.5 Å². The van der Waals surface area contributed by atoms with Gasteiger partial charge in [0.1, 0.15) is 0 Å². The number of nitrogens with zero attached hydrogens (tertiary/aromatic N) is 3. The lowest BCUT2D eigenvalue weighted by atomic mass is 9.97. The molecule has 1 aromatic carbocycles. The van der Waals surface area contributed by atoms with Gasteiger partial charge >= 0.3 is 0 Å². The van der Waals surface area contributed by atoms with Gasteiger partial charge in [0.15, 0.2) is 5.13 Å². The number of anilines is 1. The molecule has 0 saturated heterocycles. The van der Waals surface area contributed by atoms with Crippen molar-refractivity contribution >= 4 is 33.3 Å². The lowest BCUT2D eigenvalue weighted by Gasteiger charge is -2.12. The van der Waals surface area contributed by atoms with Crippen molar-refractivity contribution in [3.63, 3.8) is 0 Å². The fraction of sp³-hybridized carbons (Fsp3) is 0.143. The van der Waals surface area contributed by atoms with Gasteiger partial charge < -0.3 is 4.57 Å². The number of hydrogen-bond donors (Lipinski definition) is 1. The summed E-state index contributed by atoms with van der Waals surface area (Å²) in [5, 5.41) is 5.98. The number of rotatable bonds is 3. The van der Waals surface area contributed by atoms with Crippen molar-refractivity contribution in [3.05, 3.63) is 75.3 Å². The van der Waals surface area contributed by atoms with Crippen LogP contribution in [0.5, 0.6) is 0 Å². The van der Waals surface area contributed by atoms with Crippen LogP contribution in [0.4, 0.5) is 5.13 Å². The fourth-order valence-corrected chi connectivity index (χ4v) is 3.69. The highest BCUT2D eigenvalue weighted by Crippen LogP contribution is 2.25. The van der Waals surface area contributed by atoms with Gasteiger partial charge in [-0.2, -0.15) is 0 Å². The Labute approximate surface area is 165 Å². The topological polar surface area (TPSA) is 76.9 Å². The Bertz CT molecular complexity index is 1260. The molecule has 3 aromatic heterocycles. The van der Waals surface area contributed by atoms with E-state index < -0.39 is 0 Å². The third-order valence-corrected chi connectivity index (χ3v) is 5.38. The fourth-order valence-electron chi connectivity index (χ4n) is 3.17. The van der Waals surface area contributed by atoms with Crippen molar-refractivity contribution in [2.24, 2.45) is 7.05 Å². The second-order valence-electron chi connectivity index (χ2n) is 6.63. The molecule has 0 fully saturated rings. The molecule has 4 rings (SSSR count). The molecule has 0 bridgehead atoms. The van der Waals surface area contributed by atoms with E-state index in [1.807, 2.05) is 32.0 Å². The van der Waals surface area contributed by atoms with Gasteiger partial charge in [0.25, 0.3) is 11.5 Å². The second kappa shape index (κ2) is 7.01. The summed E-state index contributed by atoms with van der Waals surface area (Å²) in [6, 6.07) is 9.09. The van der Waals surface area contributed by atoms with Crippen LogP contribution in [0.1, 0.15) is 21.6 Å². The van der Waals surface area contributed by atoms with Gasteiger partial charge in [-0.25, -0.2) is 4.98 Å². The summed E-state index contributed by atoms with van der Waals surface area (Å²) in [6.45, 7) is 3.82. The Balaban J connectivity index is 1.83. The van der Waals surface area contributed by atoms with E-state index in [1.165, 1.54) is 11.3 Å². The summed E-state index contributed by atoms with van der Waals surface area (Å²) >= 11 is 1.35. The Morgan fingerprint density at radius 1 is 1.11 bits per heavy atom. The average molecular weight is 390 g/mol. The summed E-state index contributed by atoms with van der Waals surface area (Å²) in [7, 11) is 1.75. The number of benzene rings is 1. The van der Waals surface area contributed by atoms with Gasteiger partial charge in [-0.05, 0) is 49.2 Å². The van der Waals surface area contributed by atoms with Crippen LogP contribution in [-0.4, -0.2) is 20.4 Å². The van der Waals surface area contributed by atoms with Crippen LogP contribution in [0.15, 0.2) is 52.9 Å². The van der Waals surface area contributed by atoms with Gasteiger partial charge in [-0.1, -0.05) is 6.07 Å². The predicted molar refractivity (Wildman–Crippen MR) is 112 cm³/mol. The smallest absolute Gasteiger partial charge is 0.258 e. The molecule has 0 spiro atoms. The maximum atomic E-state index is 13.0. The zero-order valence-electron chi connectivity index (χ0n) is 15.7. The zero-order chi connectivity index (χ0) is 19.8. The average Bonchev–Trinajstić information content (AvgIpc) is 3.18. The minimum Gasteiger partial charge on any atom is -0.311 e. The van der Waals surface area contributed by atoms with Crippen LogP contribution in [0.2, 0.25) is 0 Å². The minimum absolute atomic E-state index is 0.112. The Morgan fingerprint density at radius 3 is 2.68 bits per heavy atom. The molecule has 1 N–H and O–H groups in total. The number of amides is 1. The maximum absolute atomic E-state index is 13.0. The lowest BCUT2D eigenvalue weighted by molar-refractivity contribution is 0.102. The molecule has 4 aromatic rings. The first kappa shape index (κ1) is 18.1. The lowest BCUT2D eigenvalue weighted by Crippen LogP contribution is -2.20. The Morgan fingerprint density at radius 2 is 1.93 bits per heavy atom. The molecule has 140 valence electrons. The molecule has 0 aliphatic heterocycles. The first-order chi connectivity index (χ1) is 13.4. The number of pyridine rings is 2. The van der Waals surface area contributed by atoms with Crippen molar-refractivity contribution in [1.29, 1.82) is 0 Å². The zero-order valence-corrected chi connectivity index (χ0v) is 16.5. The minimum atomic E-state index is -0.258. The quantitative estimate of drug-likeness (QED) is 0.575. The van der Waals surface area contributed by atoms with Gasteiger partial charge in [-0.3, -0.25) is 19.9 Å². The van der Waals surface area contributed by atoms with Crippen LogP contribution >= 0.6 is 11.3 Å². The van der Waals surface area contributed by atoms with E-state index in [0.717, 1.165) is 27.7 Å². The Kier molecular flexibility index (Phi) is 4.52. The molecule has 7 heteroatoms. The number of carbonyl (C=O) groups excluding carboxylic acids is 1. The van der Waals surface area contributed by atoms with Crippen LogP contribution in [-0.2, 0) is 7.05 Å². The third-order valence-electron chi connectivity index (χ3n) is 4.69. The van der Waals surface area contributed by atoms with Crippen LogP contribution in [0, 0.1) is 13.8 Å². The third kappa shape index (κ3) is 3.20. The molecule has 0 unspecified atom stereocenters. The van der Waals surface area contributed by atoms with Gasteiger partial charge in [0, 0.05) is 47.0 Å². The van der Waals surface area contributed by atoms with Crippen LogP contribution < -0.4 is 10.9 Å². The highest BCUT2D eigenvalue weighted by Gasteiger charge is 2.15. The SMILES string of the molecule is Cc1cc2c(cn1)cc(-c1cc(C(=O)Nc3nccs3)ccc1C)c(=O)n2C. The van der Waals surface area contributed by atoms with Crippen LogP contribution in [0.25, 0.3) is 22.0 Å². The highest BCUT2D eigenvalue weighted by molar-refractivity contribution is 7.13. The van der Waals surface area contributed by atoms with Crippen molar-refractivity contribution in [2.75, 3.05) is 5.32 Å². The normalized spacial score (nSPS) is 11.0. The molecule has 1 amide bonds. The summed E-state index contributed by atoms with van der Waals surface area (Å²) in [5.74, 6) is -0.258. The summed E-state index contributed by atoms with van der Waals surface area (Å²) in [4.78, 5) is 34.0. The number of nitrogens with one attached hydrogen (secondary N) is 1. The molecule has 0 radical (unpaired) electrons. The molecule has 0 atom stereocenters. The van der Waals surface area contributed by atoms with E-state index >= 15 is 0 Å². The maximum Gasteiger partial charge on any atom is 0.258 e. The Hall–Kier alpha value is -3.32. The number of thiazole rings is 1. The summed E-state index contributed by atoms with van der Waals surface area (Å²) in [5.41, 5.74) is 4.24. The molecule has 0 aliphatic carbocycles. The van der Waals surface area contributed by atoms with Crippen LogP contribution in [0.3, 0.4) is 0 Å². The first-order valence-corrected chi connectivity index (χ1v) is 9.60. The van der Waals surface area contributed by atoms with Gasteiger partial charge in [-0.15, -0.1) is 11.3 Å². The number of carbonyl (C=O) groups is 1. The van der Waals surface area contributed by atoms with E-state index in [9.17, 15) is 9.59 Å². The van der Waals surface area contributed by atoms with Crippen molar-refractivity contribution < 1.29 is 4.79 Å². The largest absolute Gasteiger partial charge is 0.311 e. The monoisotopic (exact) mass is 390 g/mol. The molecule has 6 nitrogen and oxygen atoms in total. The number of fused-ring (bicyclic) bond motifs is 1. The summed E-state index contributed by atoms with van der Waals surface area (Å²) in [6.07, 6.45) is 3.40. The molecular formula is C21H18N4O2S. The van der Waals surface area contributed by atoms with E-state index in [-0.39, 0.29) is 11.5 Å². The van der Waals surface area contributed by atoms with E-state index in [2.05, 4.69) is 15.3 Å². The standard InChI is InChI=1S/C21H18N4O2S/c1-12-4-5-14(19(26)24-21-22-6-7-28-21)9-16(12)17-10-15-11-23-13(2)8-18(15)25(3)20(17)27/h4-11H,1-3H3,(H,22,24,26). The van der Waals surface area contributed by atoms with Crippen molar-refractivity contribution in [2.45, 2.75) is 13.8 Å². The molecule has 0 aliphatic rings. The van der Waals surface area contributed by atoms with E-state index in [0.29, 0.717) is 16.3 Å². The molecule has 28 heavy (non-hydrogen) atoms. The van der Waals surface area contributed by atoms with Crippen molar-refractivity contribution in [3.8, 4) is 11.1 Å². The van der Waals surface area contributed by atoms with Gasteiger partial charge in [0.2, 0.25) is 0 Å². The molecule has 0 saturated carbocycles. The first-order valence-electron chi connectivity index (χ1n) is 8.72. The van der Waals surface area contributed by atoms with E-state index in [1.54, 1.807) is 41.5 Å². The second-order valence-corrected chi connectivity index (χ2v) is 7.52. The number of aromatic nitrogens is 3. The molecular weight excluding hydrogens is 372 g/mol. The predicted octanol–water partition coefficient (Wildman–Crippen LogP) is 3.93. The number of aryl methyl sites for hydroxylation is 3. The number of hydrogen-bond acceptors (Lipinski definition) is 5. The highest BCUT2D eigenvalue weighted by atomic mass is 32.1. The van der Waals surface area contributed by atoms with E-state index in [4.69, 9.17) is 0 Å².